The third kappa shape index (κ3) is 4.48. The number of anilines is 2. The van der Waals surface area contributed by atoms with E-state index in [1.54, 1.807) is 24.3 Å². The number of benzene rings is 2. The van der Waals surface area contributed by atoms with Gasteiger partial charge in [-0.25, -0.2) is 4.79 Å². The summed E-state index contributed by atoms with van der Waals surface area (Å²) in [6.07, 6.45) is 0. The Morgan fingerprint density at radius 3 is 2.14 bits per heavy atom. The van der Waals surface area contributed by atoms with E-state index in [1.165, 1.54) is 5.56 Å². The number of carbonyl (C=O) groups is 2. The van der Waals surface area contributed by atoms with Crippen molar-refractivity contribution < 1.29 is 9.59 Å². The highest BCUT2D eigenvalue weighted by Crippen LogP contribution is 2.24. The van der Waals surface area contributed by atoms with Crippen molar-refractivity contribution in [3.05, 3.63) is 77.1 Å². The molecule has 2 aromatic carbocycles. The van der Waals surface area contributed by atoms with Gasteiger partial charge in [0.2, 0.25) is 0 Å². The van der Waals surface area contributed by atoms with Crippen LogP contribution >= 0.6 is 0 Å². The van der Waals surface area contributed by atoms with Gasteiger partial charge in [0.15, 0.2) is 0 Å². The van der Waals surface area contributed by atoms with Crippen molar-refractivity contribution in [1.29, 1.82) is 0 Å². The van der Waals surface area contributed by atoms with Gasteiger partial charge in [-0.15, -0.1) is 0 Å². The fraction of sp³-hybridized carbons (Fsp3) is 0.217. The quantitative estimate of drug-likeness (QED) is 0.575. The Morgan fingerprint density at radius 1 is 0.931 bits per heavy atom. The molecule has 0 unspecified atom stereocenters. The summed E-state index contributed by atoms with van der Waals surface area (Å²) in [5.41, 5.74) is 11.0. The molecule has 6 heteroatoms. The van der Waals surface area contributed by atoms with E-state index in [0.29, 0.717) is 22.9 Å². The maximum absolute atomic E-state index is 12.9. The van der Waals surface area contributed by atoms with Crippen molar-refractivity contribution in [2.45, 2.75) is 33.6 Å². The molecule has 3 rings (SSSR count). The standard InChI is InChI=1S/C23H26N4O2/c1-14(2)17-8-10-20(11-9-17)27-15(3)12-21(16(27)4)22(28)25-18-6-5-7-19(13-18)26-23(24)29/h5-14H,1-4H3,(H,25,28)(H3,24,26,29). The number of urea groups is 1. The zero-order chi connectivity index (χ0) is 21.1. The van der Waals surface area contributed by atoms with Crippen LogP contribution < -0.4 is 16.4 Å². The molecular formula is C23H26N4O2. The molecule has 0 spiro atoms. The third-order valence-corrected chi connectivity index (χ3v) is 4.88. The van der Waals surface area contributed by atoms with Gasteiger partial charge < -0.3 is 20.9 Å². The molecule has 1 heterocycles. The number of amides is 3. The summed E-state index contributed by atoms with van der Waals surface area (Å²) in [6.45, 7) is 8.25. The van der Waals surface area contributed by atoms with E-state index in [9.17, 15) is 9.59 Å². The Morgan fingerprint density at radius 2 is 1.55 bits per heavy atom. The van der Waals surface area contributed by atoms with Crippen LogP contribution in [0.2, 0.25) is 0 Å². The third-order valence-electron chi connectivity index (χ3n) is 4.88. The van der Waals surface area contributed by atoms with Gasteiger partial charge >= 0.3 is 6.03 Å². The first-order valence-corrected chi connectivity index (χ1v) is 9.53. The highest BCUT2D eigenvalue weighted by Gasteiger charge is 2.17. The van der Waals surface area contributed by atoms with Gasteiger partial charge in [-0.1, -0.05) is 32.0 Å². The van der Waals surface area contributed by atoms with Gasteiger partial charge in [0.25, 0.3) is 5.91 Å². The maximum Gasteiger partial charge on any atom is 0.316 e. The SMILES string of the molecule is Cc1cc(C(=O)Nc2cccc(NC(N)=O)c2)c(C)n1-c1ccc(C(C)C)cc1. The van der Waals surface area contributed by atoms with E-state index in [4.69, 9.17) is 5.73 Å². The largest absolute Gasteiger partial charge is 0.351 e. The molecule has 0 saturated carbocycles. The van der Waals surface area contributed by atoms with Crippen LogP contribution in [0.4, 0.5) is 16.2 Å². The van der Waals surface area contributed by atoms with Crippen molar-refractivity contribution >= 4 is 23.3 Å². The average molecular weight is 390 g/mol. The van der Waals surface area contributed by atoms with E-state index >= 15 is 0 Å². The predicted molar refractivity (Wildman–Crippen MR) is 117 cm³/mol. The molecule has 0 fully saturated rings. The number of nitrogens with one attached hydrogen (secondary N) is 2. The molecule has 1 aromatic heterocycles. The molecule has 0 aliphatic rings. The molecule has 150 valence electrons. The number of carbonyl (C=O) groups excluding carboxylic acids is 2. The monoisotopic (exact) mass is 390 g/mol. The summed E-state index contributed by atoms with van der Waals surface area (Å²) < 4.78 is 2.07. The van der Waals surface area contributed by atoms with E-state index in [1.807, 2.05) is 19.9 Å². The molecule has 3 amide bonds. The number of primary amides is 1. The molecule has 29 heavy (non-hydrogen) atoms. The molecule has 4 N–H and O–H groups in total. The van der Waals surface area contributed by atoms with Crippen LogP contribution in [0, 0.1) is 13.8 Å². The van der Waals surface area contributed by atoms with Crippen LogP contribution in [0.25, 0.3) is 5.69 Å². The Kier molecular flexibility index (Phi) is 5.73. The lowest BCUT2D eigenvalue weighted by molar-refractivity contribution is 0.102. The Bertz CT molecular complexity index is 1050. The van der Waals surface area contributed by atoms with E-state index in [0.717, 1.165) is 17.1 Å². The minimum absolute atomic E-state index is 0.209. The summed E-state index contributed by atoms with van der Waals surface area (Å²) in [4.78, 5) is 23.9. The molecular weight excluding hydrogens is 364 g/mol. The van der Waals surface area contributed by atoms with Crippen molar-refractivity contribution in [3.63, 3.8) is 0 Å². The summed E-state index contributed by atoms with van der Waals surface area (Å²) >= 11 is 0. The first kappa shape index (κ1) is 20.2. The lowest BCUT2D eigenvalue weighted by Crippen LogP contribution is -2.19. The minimum atomic E-state index is -0.652. The second-order valence-corrected chi connectivity index (χ2v) is 7.39. The lowest BCUT2D eigenvalue weighted by Gasteiger charge is -2.12. The average Bonchev–Trinajstić information content (AvgIpc) is 2.96. The van der Waals surface area contributed by atoms with Crippen LogP contribution in [0.3, 0.4) is 0 Å². The number of rotatable bonds is 5. The van der Waals surface area contributed by atoms with Crippen molar-refractivity contribution in [3.8, 4) is 5.69 Å². The summed E-state index contributed by atoms with van der Waals surface area (Å²) in [7, 11) is 0. The first-order valence-electron chi connectivity index (χ1n) is 9.53. The number of nitrogens with two attached hydrogens (primary N) is 1. The molecule has 6 nitrogen and oxygen atoms in total. The van der Waals surface area contributed by atoms with Crippen LogP contribution in [0.5, 0.6) is 0 Å². The normalized spacial score (nSPS) is 10.8. The van der Waals surface area contributed by atoms with Crippen LogP contribution in [0.1, 0.15) is 47.1 Å². The van der Waals surface area contributed by atoms with Crippen molar-refractivity contribution in [2.24, 2.45) is 5.73 Å². The first-order chi connectivity index (χ1) is 13.8. The van der Waals surface area contributed by atoms with Crippen molar-refractivity contribution in [2.75, 3.05) is 10.6 Å². The second kappa shape index (κ2) is 8.22. The molecule has 3 aromatic rings. The Labute approximate surface area is 170 Å². The van der Waals surface area contributed by atoms with Gasteiger partial charge in [-0.2, -0.15) is 0 Å². The zero-order valence-corrected chi connectivity index (χ0v) is 17.1. The van der Waals surface area contributed by atoms with Crippen molar-refractivity contribution in [1.82, 2.24) is 4.57 Å². The zero-order valence-electron chi connectivity index (χ0n) is 17.1. The van der Waals surface area contributed by atoms with Gasteiger partial charge in [0.05, 0.1) is 5.56 Å². The van der Waals surface area contributed by atoms with Crippen LogP contribution in [-0.4, -0.2) is 16.5 Å². The van der Waals surface area contributed by atoms with E-state index in [2.05, 4.69) is 53.3 Å². The van der Waals surface area contributed by atoms with Gasteiger partial charge in [-0.3, -0.25) is 4.79 Å². The number of aryl methyl sites for hydroxylation is 1. The van der Waals surface area contributed by atoms with Gasteiger partial charge in [-0.05, 0) is 61.7 Å². The molecule has 0 saturated heterocycles. The summed E-state index contributed by atoms with van der Waals surface area (Å²) in [5, 5.41) is 5.38. The lowest BCUT2D eigenvalue weighted by atomic mass is 10.0. The summed E-state index contributed by atoms with van der Waals surface area (Å²) in [5.74, 6) is 0.261. The molecule has 0 bridgehead atoms. The number of hydrogen-bond acceptors (Lipinski definition) is 2. The highest BCUT2D eigenvalue weighted by molar-refractivity contribution is 6.05. The van der Waals surface area contributed by atoms with Gasteiger partial charge in [0, 0.05) is 28.5 Å². The predicted octanol–water partition coefficient (Wildman–Crippen LogP) is 4.96. The molecule has 0 radical (unpaired) electrons. The Hall–Kier alpha value is -3.54. The summed E-state index contributed by atoms with van der Waals surface area (Å²) in [6, 6.07) is 16.5. The van der Waals surface area contributed by atoms with E-state index in [-0.39, 0.29) is 5.91 Å². The number of aromatic nitrogens is 1. The fourth-order valence-corrected chi connectivity index (χ4v) is 3.41. The smallest absolute Gasteiger partial charge is 0.316 e. The molecule has 0 aliphatic carbocycles. The second-order valence-electron chi connectivity index (χ2n) is 7.39. The van der Waals surface area contributed by atoms with Crippen LogP contribution in [0.15, 0.2) is 54.6 Å². The number of nitrogens with zero attached hydrogens (tertiary/aromatic N) is 1. The van der Waals surface area contributed by atoms with E-state index < -0.39 is 6.03 Å². The fourth-order valence-electron chi connectivity index (χ4n) is 3.41. The van der Waals surface area contributed by atoms with Crippen LogP contribution in [-0.2, 0) is 0 Å². The van der Waals surface area contributed by atoms with Gasteiger partial charge in [0.1, 0.15) is 0 Å². The Balaban J connectivity index is 1.86. The number of hydrogen-bond donors (Lipinski definition) is 3. The minimum Gasteiger partial charge on any atom is -0.351 e. The topological polar surface area (TPSA) is 89.2 Å². The highest BCUT2D eigenvalue weighted by atomic mass is 16.2. The molecule has 0 aliphatic heterocycles. The maximum atomic E-state index is 12.9. The molecule has 0 atom stereocenters.